The molecule has 1 saturated carbocycles. The molecule has 0 radical (unpaired) electrons. The first-order chi connectivity index (χ1) is 11.1. The van der Waals surface area contributed by atoms with Crippen LogP contribution in [0.2, 0.25) is 0 Å². The SMILES string of the molecule is OC1CCN(Cc2nc(C3(O)CCN(CC4CC4)CC3)cs2)C1. The van der Waals surface area contributed by atoms with Crippen LogP contribution in [0.5, 0.6) is 0 Å². The summed E-state index contributed by atoms with van der Waals surface area (Å²) in [6.07, 6.45) is 5.05. The summed E-state index contributed by atoms with van der Waals surface area (Å²) < 4.78 is 0. The Morgan fingerprint density at radius 1 is 1.17 bits per heavy atom. The molecule has 3 fully saturated rings. The maximum atomic E-state index is 11.0. The van der Waals surface area contributed by atoms with Gasteiger partial charge in [0.05, 0.1) is 18.3 Å². The normalized spacial score (nSPS) is 29.2. The fourth-order valence-corrected chi connectivity index (χ4v) is 4.70. The van der Waals surface area contributed by atoms with Crippen molar-refractivity contribution in [2.24, 2.45) is 5.92 Å². The van der Waals surface area contributed by atoms with E-state index in [9.17, 15) is 10.2 Å². The van der Waals surface area contributed by atoms with Crippen molar-refractivity contribution in [2.45, 2.75) is 50.4 Å². The van der Waals surface area contributed by atoms with Gasteiger partial charge in [0, 0.05) is 38.1 Å². The molecule has 3 heterocycles. The van der Waals surface area contributed by atoms with Crippen LogP contribution < -0.4 is 0 Å². The van der Waals surface area contributed by atoms with Crippen LogP contribution in [0.3, 0.4) is 0 Å². The molecular formula is C17H27N3O2S. The third-order valence-corrected chi connectivity index (χ3v) is 6.37. The van der Waals surface area contributed by atoms with E-state index in [1.807, 2.05) is 5.38 Å². The van der Waals surface area contributed by atoms with Crippen LogP contribution in [-0.2, 0) is 12.1 Å². The van der Waals surface area contributed by atoms with Crippen LogP contribution in [0.4, 0.5) is 0 Å². The van der Waals surface area contributed by atoms with Gasteiger partial charge in [-0.15, -0.1) is 11.3 Å². The summed E-state index contributed by atoms with van der Waals surface area (Å²) in [5, 5.41) is 23.7. The minimum absolute atomic E-state index is 0.186. The maximum absolute atomic E-state index is 11.0. The van der Waals surface area contributed by atoms with Gasteiger partial charge in [-0.1, -0.05) is 0 Å². The molecule has 1 aromatic rings. The Balaban J connectivity index is 1.34. The van der Waals surface area contributed by atoms with Gasteiger partial charge in [0.2, 0.25) is 0 Å². The number of hydrogen-bond donors (Lipinski definition) is 2. The lowest BCUT2D eigenvalue weighted by molar-refractivity contribution is -0.0298. The maximum Gasteiger partial charge on any atom is 0.110 e. The Bertz CT molecular complexity index is 538. The first-order valence-corrected chi connectivity index (χ1v) is 9.79. The fourth-order valence-electron chi connectivity index (χ4n) is 3.77. The quantitative estimate of drug-likeness (QED) is 0.851. The number of thiazole rings is 1. The molecule has 3 aliphatic rings. The van der Waals surface area contributed by atoms with Gasteiger partial charge in [0.25, 0.3) is 0 Å². The Morgan fingerprint density at radius 3 is 2.61 bits per heavy atom. The van der Waals surface area contributed by atoms with Gasteiger partial charge in [-0.25, -0.2) is 4.98 Å². The van der Waals surface area contributed by atoms with E-state index >= 15 is 0 Å². The molecule has 128 valence electrons. The molecule has 4 rings (SSSR count). The van der Waals surface area contributed by atoms with Crippen LogP contribution in [-0.4, -0.2) is 63.8 Å². The first-order valence-electron chi connectivity index (χ1n) is 8.91. The number of piperidine rings is 1. The number of β-amino-alcohol motifs (C(OH)–C–C–N with tert-alkyl or cyclic N) is 1. The number of rotatable bonds is 5. The van der Waals surface area contributed by atoms with Gasteiger partial charge >= 0.3 is 0 Å². The van der Waals surface area contributed by atoms with Crippen LogP contribution >= 0.6 is 11.3 Å². The fraction of sp³-hybridized carbons (Fsp3) is 0.824. The smallest absolute Gasteiger partial charge is 0.110 e. The molecule has 0 amide bonds. The molecule has 6 heteroatoms. The molecule has 0 bridgehead atoms. The second-order valence-corrected chi connectivity index (χ2v) is 8.52. The number of aliphatic hydroxyl groups excluding tert-OH is 1. The van der Waals surface area contributed by atoms with E-state index < -0.39 is 5.60 Å². The van der Waals surface area contributed by atoms with Crippen molar-refractivity contribution < 1.29 is 10.2 Å². The van der Waals surface area contributed by atoms with Gasteiger partial charge in [-0.05, 0) is 38.0 Å². The van der Waals surface area contributed by atoms with Crippen molar-refractivity contribution >= 4 is 11.3 Å². The molecule has 2 saturated heterocycles. The lowest BCUT2D eigenvalue weighted by Gasteiger charge is -2.37. The van der Waals surface area contributed by atoms with Gasteiger partial charge in [0.15, 0.2) is 0 Å². The molecule has 5 nitrogen and oxygen atoms in total. The predicted octanol–water partition coefficient (Wildman–Crippen LogP) is 1.40. The molecule has 1 aliphatic carbocycles. The van der Waals surface area contributed by atoms with Crippen molar-refractivity contribution in [2.75, 3.05) is 32.7 Å². The summed E-state index contributed by atoms with van der Waals surface area (Å²) in [5.41, 5.74) is 0.127. The highest BCUT2D eigenvalue weighted by Gasteiger charge is 2.37. The molecule has 0 aromatic carbocycles. The highest BCUT2D eigenvalue weighted by molar-refractivity contribution is 7.09. The monoisotopic (exact) mass is 337 g/mol. The zero-order valence-corrected chi connectivity index (χ0v) is 14.5. The Kier molecular flexibility index (Phi) is 4.45. The molecule has 1 aromatic heterocycles. The second-order valence-electron chi connectivity index (χ2n) is 7.58. The van der Waals surface area contributed by atoms with Crippen LogP contribution in [0, 0.1) is 5.92 Å². The van der Waals surface area contributed by atoms with Crippen LogP contribution in [0.25, 0.3) is 0 Å². The average molecular weight is 337 g/mol. The van der Waals surface area contributed by atoms with E-state index in [-0.39, 0.29) is 6.10 Å². The highest BCUT2D eigenvalue weighted by atomic mass is 32.1. The summed E-state index contributed by atoms with van der Waals surface area (Å²) in [6, 6.07) is 0. The lowest BCUT2D eigenvalue weighted by Crippen LogP contribution is -2.43. The average Bonchev–Trinajstić information content (AvgIpc) is 3.05. The largest absolute Gasteiger partial charge is 0.392 e. The number of hydrogen-bond acceptors (Lipinski definition) is 6. The molecule has 1 atom stereocenters. The van der Waals surface area contributed by atoms with E-state index in [0.717, 1.165) is 68.6 Å². The number of nitrogens with zero attached hydrogens (tertiary/aromatic N) is 3. The summed E-state index contributed by atoms with van der Waals surface area (Å²) in [4.78, 5) is 9.47. The molecule has 2 aliphatic heterocycles. The summed E-state index contributed by atoms with van der Waals surface area (Å²) in [6.45, 7) is 5.67. The van der Waals surface area contributed by atoms with Crippen molar-refractivity contribution in [1.29, 1.82) is 0 Å². The van der Waals surface area contributed by atoms with E-state index in [1.165, 1.54) is 19.4 Å². The summed E-state index contributed by atoms with van der Waals surface area (Å²) in [7, 11) is 0. The van der Waals surface area contributed by atoms with Gasteiger partial charge in [0.1, 0.15) is 10.6 Å². The van der Waals surface area contributed by atoms with Crippen molar-refractivity contribution in [3.05, 3.63) is 16.1 Å². The summed E-state index contributed by atoms with van der Waals surface area (Å²) in [5.74, 6) is 0.919. The number of aromatic nitrogens is 1. The highest BCUT2D eigenvalue weighted by Crippen LogP contribution is 2.36. The number of likely N-dealkylation sites (tertiary alicyclic amines) is 2. The van der Waals surface area contributed by atoms with E-state index in [1.54, 1.807) is 11.3 Å². The Hall–Kier alpha value is -0.530. The minimum Gasteiger partial charge on any atom is -0.392 e. The zero-order chi connectivity index (χ0) is 15.9. The van der Waals surface area contributed by atoms with Gasteiger partial charge < -0.3 is 15.1 Å². The van der Waals surface area contributed by atoms with E-state index in [0.29, 0.717) is 0 Å². The van der Waals surface area contributed by atoms with Crippen molar-refractivity contribution in [3.8, 4) is 0 Å². The number of aliphatic hydroxyl groups is 2. The first kappa shape index (κ1) is 16.0. The van der Waals surface area contributed by atoms with Crippen LogP contribution in [0.15, 0.2) is 5.38 Å². The second kappa shape index (κ2) is 6.41. The van der Waals surface area contributed by atoms with E-state index in [2.05, 4.69) is 9.80 Å². The van der Waals surface area contributed by atoms with Crippen molar-refractivity contribution in [3.63, 3.8) is 0 Å². The minimum atomic E-state index is -0.737. The molecule has 2 N–H and O–H groups in total. The standard InChI is InChI=1S/C17H27N3O2S/c21-14-3-6-20(10-14)11-16-18-15(12-23-16)17(22)4-7-19(8-5-17)9-13-1-2-13/h12-14,21-22H,1-11H2. The van der Waals surface area contributed by atoms with E-state index in [4.69, 9.17) is 4.98 Å². The molecular weight excluding hydrogens is 310 g/mol. The third kappa shape index (κ3) is 3.77. The Labute approximate surface area is 141 Å². The van der Waals surface area contributed by atoms with Gasteiger partial charge in [-0.2, -0.15) is 0 Å². The van der Waals surface area contributed by atoms with Gasteiger partial charge in [-0.3, -0.25) is 4.90 Å². The van der Waals surface area contributed by atoms with Crippen molar-refractivity contribution in [1.82, 2.24) is 14.8 Å². The Morgan fingerprint density at radius 2 is 1.96 bits per heavy atom. The third-order valence-electron chi connectivity index (χ3n) is 5.53. The zero-order valence-electron chi connectivity index (χ0n) is 13.7. The predicted molar refractivity (Wildman–Crippen MR) is 90.3 cm³/mol. The van der Waals surface area contributed by atoms with Crippen LogP contribution in [0.1, 0.15) is 42.8 Å². The summed E-state index contributed by atoms with van der Waals surface area (Å²) >= 11 is 1.64. The molecule has 0 spiro atoms. The lowest BCUT2D eigenvalue weighted by atomic mass is 9.88. The molecule has 23 heavy (non-hydrogen) atoms. The topological polar surface area (TPSA) is 59.8 Å². The molecule has 1 unspecified atom stereocenters.